The van der Waals surface area contributed by atoms with E-state index in [9.17, 15) is 4.39 Å². The predicted molar refractivity (Wildman–Crippen MR) is 53.2 cm³/mol. The Kier molecular flexibility index (Phi) is 2.37. The Labute approximate surface area is 89.6 Å². The highest BCUT2D eigenvalue weighted by molar-refractivity contribution is 6.31. The molecule has 2 rings (SSSR count). The molecule has 1 unspecified atom stereocenters. The zero-order chi connectivity index (χ0) is 10.3. The molecule has 74 valence electrons. The fourth-order valence-corrected chi connectivity index (χ4v) is 1.36. The maximum Gasteiger partial charge on any atom is 0.213 e. The van der Waals surface area contributed by atoms with Gasteiger partial charge in [-0.2, -0.15) is 0 Å². The molecule has 0 saturated heterocycles. The minimum atomic E-state index is -0.524. The Bertz CT molecular complexity index is 442. The van der Waals surface area contributed by atoms with E-state index in [0.717, 1.165) is 0 Å². The molecule has 0 amide bonds. The van der Waals surface area contributed by atoms with Gasteiger partial charge in [-0.3, -0.25) is 0 Å². The summed E-state index contributed by atoms with van der Waals surface area (Å²) in [6, 6.07) is 2.62. The van der Waals surface area contributed by atoms with Crippen LogP contribution in [0.2, 0.25) is 5.02 Å². The van der Waals surface area contributed by atoms with Crippen LogP contribution in [0.5, 0.6) is 0 Å². The summed E-state index contributed by atoms with van der Waals surface area (Å²) < 4.78 is 18.2. The lowest BCUT2D eigenvalue weighted by molar-refractivity contribution is 0.528. The maximum atomic E-state index is 13.0. The zero-order valence-electron chi connectivity index (χ0n) is 7.22. The smallest absolute Gasteiger partial charge is 0.213 e. The van der Waals surface area contributed by atoms with Crippen molar-refractivity contribution in [3.63, 3.8) is 0 Å². The van der Waals surface area contributed by atoms with Crippen molar-refractivity contribution in [3.05, 3.63) is 28.9 Å². The molecule has 1 aromatic heterocycles. The van der Waals surface area contributed by atoms with E-state index in [2.05, 4.69) is 4.98 Å². The predicted octanol–water partition coefficient (Wildman–Crippen LogP) is 3.92. The highest BCUT2D eigenvalue weighted by atomic mass is 35.5. The average molecular weight is 234 g/mol. The molecule has 1 atom stereocenters. The number of nitrogens with zero attached hydrogens (tertiary/aromatic N) is 1. The van der Waals surface area contributed by atoms with Gasteiger partial charge in [-0.05, 0) is 13.0 Å². The van der Waals surface area contributed by atoms with Crippen LogP contribution >= 0.6 is 23.2 Å². The van der Waals surface area contributed by atoms with Gasteiger partial charge < -0.3 is 4.42 Å². The van der Waals surface area contributed by atoms with Gasteiger partial charge in [0.2, 0.25) is 5.89 Å². The lowest BCUT2D eigenvalue weighted by Gasteiger charge is -1.91. The first-order valence-electron chi connectivity index (χ1n) is 3.97. The van der Waals surface area contributed by atoms with Crippen molar-refractivity contribution in [1.82, 2.24) is 4.98 Å². The van der Waals surface area contributed by atoms with Crippen LogP contribution < -0.4 is 0 Å². The monoisotopic (exact) mass is 233 g/mol. The minimum absolute atomic E-state index is 0.0274. The van der Waals surface area contributed by atoms with Crippen LogP contribution in [0, 0.1) is 5.82 Å². The zero-order valence-corrected chi connectivity index (χ0v) is 8.73. The van der Waals surface area contributed by atoms with Crippen molar-refractivity contribution in [2.75, 3.05) is 0 Å². The molecule has 5 heteroatoms. The molecule has 14 heavy (non-hydrogen) atoms. The Hall–Kier alpha value is -0.800. The summed E-state index contributed by atoms with van der Waals surface area (Å²) in [5.41, 5.74) is 0.869. The first-order chi connectivity index (χ1) is 6.58. The molecule has 0 bridgehead atoms. The molecule has 1 heterocycles. The molecule has 2 nitrogen and oxygen atoms in total. The molecular weight excluding hydrogens is 228 g/mol. The molecule has 2 aromatic rings. The standard InChI is InChI=1S/C9H6Cl2FNO/c1-4(10)9-13-7-2-5(11)6(12)3-8(7)14-9/h2-4H,1H3. The van der Waals surface area contributed by atoms with Gasteiger partial charge in [0.15, 0.2) is 5.58 Å². The number of halogens is 3. The van der Waals surface area contributed by atoms with Gasteiger partial charge in [-0.25, -0.2) is 9.37 Å². The molecule has 0 aliphatic heterocycles. The van der Waals surface area contributed by atoms with Crippen LogP contribution in [0.15, 0.2) is 16.5 Å². The normalized spacial score (nSPS) is 13.4. The molecule has 0 N–H and O–H groups in total. The third-order valence-electron chi connectivity index (χ3n) is 1.79. The molecule has 0 saturated carbocycles. The van der Waals surface area contributed by atoms with Crippen molar-refractivity contribution in [1.29, 1.82) is 0 Å². The number of alkyl halides is 1. The van der Waals surface area contributed by atoms with Gasteiger partial charge in [0.25, 0.3) is 0 Å². The van der Waals surface area contributed by atoms with Gasteiger partial charge in [-0.15, -0.1) is 11.6 Å². The van der Waals surface area contributed by atoms with E-state index in [-0.39, 0.29) is 10.4 Å². The van der Waals surface area contributed by atoms with Crippen LogP contribution in [0.25, 0.3) is 11.1 Å². The van der Waals surface area contributed by atoms with E-state index in [0.29, 0.717) is 17.0 Å². The molecule has 0 aliphatic carbocycles. The van der Waals surface area contributed by atoms with Crippen LogP contribution in [-0.2, 0) is 0 Å². The van der Waals surface area contributed by atoms with Gasteiger partial charge in [0.1, 0.15) is 16.7 Å². The quantitative estimate of drug-likeness (QED) is 0.699. The van der Waals surface area contributed by atoms with Gasteiger partial charge in [-0.1, -0.05) is 11.6 Å². The van der Waals surface area contributed by atoms with Crippen molar-refractivity contribution in [2.24, 2.45) is 0 Å². The number of hydrogen-bond donors (Lipinski definition) is 0. The summed E-state index contributed by atoms with van der Waals surface area (Å²) in [5, 5.41) is -0.316. The summed E-state index contributed by atoms with van der Waals surface area (Å²) >= 11 is 11.4. The number of fused-ring (bicyclic) bond motifs is 1. The number of hydrogen-bond acceptors (Lipinski definition) is 2. The first kappa shape index (κ1) is 9.74. The highest BCUT2D eigenvalue weighted by Crippen LogP contribution is 2.27. The second kappa shape index (κ2) is 3.41. The number of oxazole rings is 1. The molecule has 0 aliphatic rings. The van der Waals surface area contributed by atoms with Crippen LogP contribution in [0.1, 0.15) is 18.2 Å². The van der Waals surface area contributed by atoms with Crippen molar-refractivity contribution in [3.8, 4) is 0 Å². The topological polar surface area (TPSA) is 26.0 Å². The van der Waals surface area contributed by atoms with Gasteiger partial charge in [0, 0.05) is 6.07 Å². The van der Waals surface area contributed by atoms with Crippen LogP contribution in [-0.4, -0.2) is 4.98 Å². The van der Waals surface area contributed by atoms with E-state index in [1.807, 2.05) is 0 Å². The molecule has 0 fully saturated rings. The van der Waals surface area contributed by atoms with E-state index in [1.165, 1.54) is 12.1 Å². The Balaban J connectivity index is 2.66. The van der Waals surface area contributed by atoms with E-state index < -0.39 is 5.82 Å². The molecule has 0 radical (unpaired) electrons. The van der Waals surface area contributed by atoms with E-state index in [4.69, 9.17) is 27.6 Å². The van der Waals surface area contributed by atoms with Crippen molar-refractivity contribution < 1.29 is 8.81 Å². The largest absolute Gasteiger partial charge is 0.439 e. The fourth-order valence-electron chi connectivity index (χ4n) is 1.11. The minimum Gasteiger partial charge on any atom is -0.439 e. The summed E-state index contributed by atoms with van der Waals surface area (Å²) in [6.07, 6.45) is 0. The maximum absolute atomic E-state index is 13.0. The van der Waals surface area contributed by atoms with Crippen molar-refractivity contribution >= 4 is 34.3 Å². The Morgan fingerprint density at radius 2 is 2.21 bits per heavy atom. The molecule has 1 aromatic carbocycles. The molecule has 0 spiro atoms. The van der Waals surface area contributed by atoms with Gasteiger partial charge >= 0.3 is 0 Å². The number of benzene rings is 1. The lowest BCUT2D eigenvalue weighted by Crippen LogP contribution is -1.81. The summed E-state index contributed by atoms with van der Waals surface area (Å²) in [7, 11) is 0. The second-order valence-electron chi connectivity index (χ2n) is 2.90. The summed E-state index contributed by atoms with van der Waals surface area (Å²) in [4.78, 5) is 4.06. The van der Waals surface area contributed by atoms with Crippen LogP contribution in [0.3, 0.4) is 0 Å². The SMILES string of the molecule is CC(Cl)c1nc2cc(Cl)c(F)cc2o1. The summed E-state index contributed by atoms with van der Waals surface area (Å²) in [6.45, 7) is 1.73. The van der Waals surface area contributed by atoms with E-state index in [1.54, 1.807) is 6.92 Å². The van der Waals surface area contributed by atoms with Crippen molar-refractivity contribution in [2.45, 2.75) is 12.3 Å². The Morgan fingerprint density at radius 3 is 2.86 bits per heavy atom. The average Bonchev–Trinajstić information content (AvgIpc) is 2.48. The second-order valence-corrected chi connectivity index (χ2v) is 3.96. The molecular formula is C9H6Cl2FNO. The summed E-state index contributed by atoms with van der Waals surface area (Å²) in [5.74, 6) is -0.160. The lowest BCUT2D eigenvalue weighted by atomic mass is 10.3. The number of aromatic nitrogens is 1. The fraction of sp³-hybridized carbons (Fsp3) is 0.222. The highest BCUT2D eigenvalue weighted by Gasteiger charge is 2.12. The van der Waals surface area contributed by atoms with Crippen LogP contribution in [0.4, 0.5) is 4.39 Å². The van der Waals surface area contributed by atoms with E-state index >= 15 is 0 Å². The Morgan fingerprint density at radius 1 is 1.50 bits per heavy atom. The third kappa shape index (κ3) is 1.57. The van der Waals surface area contributed by atoms with Gasteiger partial charge in [0.05, 0.1) is 5.02 Å². The third-order valence-corrected chi connectivity index (χ3v) is 2.26. The first-order valence-corrected chi connectivity index (χ1v) is 4.79. The number of rotatable bonds is 1.